The van der Waals surface area contributed by atoms with Gasteiger partial charge < -0.3 is 14.8 Å². The largest absolute Gasteiger partial charge is 0.493 e. The zero-order chi connectivity index (χ0) is 21.7. The fraction of sp³-hybridized carbons (Fsp3) is 0.263. The van der Waals surface area contributed by atoms with Gasteiger partial charge in [0.15, 0.2) is 11.5 Å². The first-order chi connectivity index (χ1) is 14.3. The lowest BCUT2D eigenvalue weighted by Gasteiger charge is -2.12. The second-order valence-electron chi connectivity index (χ2n) is 6.26. The summed E-state index contributed by atoms with van der Waals surface area (Å²) in [5, 5.41) is 2.57. The number of amidine groups is 1. The van der Waals surface area contributed by atoms with Gasteiger partial charge in [-0.25, -0.2) is 8.42 Å². The average Bonchev–Trinajstić information content (AvgIpc) is 3.20. The maximum Gasteiger partial charge on any atom is 0.387 e. The molecule has 3 rings (SSSR count). The summed E-state index contributed by atoms with van der Waals surface area (Å²) in [4.78, 5) is 16.6. The van der Waals surface area contributed by atoms with E-state index in [0.717, 1.165) is 6.42 Å². The number of anilines is 1. The summed E-state index contributed by atoms with van der Waals surface area (Å²) in [5.74, 6) is -0.430. The molecule has 0 radical (unpaired) electrons. The fourth-order valence-electron chi connectivity index (χ4n) is 2.78. The van der Waals surface area contributed by atoms with Crippen LogP contribution in [-0.2, 0) is 10.0 Å². The third kappa shape index (κ3) is 5.23. The Morgan fingerprint density at radius 3 is 2.63 bits per heavy atom. The first-order valence-electron chi connectivity index (χ1n) is 8.89. The van der Waals surface area contributed by atoms with E-state index >= 15 is 0 Å². The predicted molar refractivity (Wildman–Crippen MR) is 106 cm³/mol. The van der Waals surface area contributed by atoms with E-state index in [2.05, 4.69) is 19.8 Å². The first-order valence-corrected chi connectivity index (χ1v) is 10.4. The molecule has 30 heavy (non-hydrogen) atoms. The van der Waals surface area contributed by atoms with Gasteiger partial charge in [-0.05, 0) is 42.8 Å². The number of amides is 1. The standard InChI is InChI=1S/C19H19F2N3O5S/c1-28-16-10-12(7-8-15(16)29-19(20)21)18(25)23-13-4-2-5-14(11-13)30(26,27)24-17-6-3-9-22-17/h2,4-5,7-8,10-11,19H,3,6,9H2,1H3,(H,22,24)(H,23,25). The summed E-state index contributed by atoms with van der Waals surface area (Å²) in [6, 6.07) is 9.43. The van der Waals surface area contributed by atoms with Crippen LogP contribution in [0.5, 0.6) is 11.5 Å². The zero-order valence-corrected chi connectivity index (χ0v) is 16.7. The molecule has 1 aliphatic rings. The molecule has 1 amide bonds. The molecule has 0 atom stereocenters. The predicted octanol–water partition coefficient (Wildman–Crippen LogP) is 3.02. The van der Waals surface area contributed by atoms with Gasteiger partial charge in [0.25, 0.3) is 15.9 Å². The number of ether oxygens (including phenoxy) is 2. The van der Waals surface area contributed by atoms with E-state index in [-0.39, 0.29) is 27.6 Å². The van der Waals surface area contributed by atoms with Crippen LogP contribution in [0.25, 0.3) is 0 Å². The van der Waals surface area contributed by atoms with Crippen LogP contribution in [-0.4, -0.2) is 40.4 Å². The van der Waals surface area contributed by atoms with Gasteiger partial charge in [0.05, 0.1) is 12.0 Å². The summed E-state index contributed by atoms with van der Waals surface area (Å²) < 4.78 is 61.6. The van der Waals surface area contributed by atoms with Crippen molar-refractivity contribution in [1.29, 1.82) is 0 Å². The van der Waals surface area contributed by atoms with Crippen molar-refractivity contribution in [2.24, 2.45) is 4.99 Å². The highest BCUT2D eigenvalue weighted by Gasteiger charge is 2.19. The van der Waals surface area contributed by atoms with Crippen molar-refractivity contribution in [3.05, 3.63) is 48.0 Å². The van der Waals surface area contributed by atoms with Crippen molar-refractivity contribution in [3.63, 3.8) is 0 Å². The van der Waals surface area contributed by atoms with Gasteiger partial charge in [-0.15, -0.1) is 0 Å². The summed E-state index contributed by atoms with van der Waals surface area (Å²) >= 11 is 0. The SMILES string of the molecule is COc1cc(C(=O)Nc2cccc(S(=O)(=O)NC3=NCCC3)c2)ccc1OC(F)F. The Morgan fingerprint density at radius 1 is 1.17 bits per heavy atom. The van der Waals surface area contributed by atoms with Crippen molar-refractivity contribution in [2.75, 3.05) is 19.0 Å². The topological polar surface area (TPSA) is 106 Å². The second kappa shape index (κ2) is 9.08. The lowest BCUT2D eigenvalue weighted by atomic mass is 10.2. The van der Waals surface area contributed by atoms with E-state index in [4.69, 9.17) is 4.74 Å². The molecule has 0 unspecified atom stereocenters. The van der Waals surface area contributed by atoms with Crippen LogP contribution in [0.4, 0.5) is 14.5 Å². The molecule has 2 aromatic rings. The molecule has 0 fully saturated rings. The van der Waals surface area contributed by atoms with E-state index in [1.165, 1.54) is 49.6 Å². The number of nitrogens with zero attached hydrogens (tertiary/aromatic N) is 1. The van der Waals surface area contributed by atoms with Gasteiger partial charge in [-0.3, -0.25) is 14.5 Å². The third-order valence-corrected chi connectivity index (χ3v) is 5.55. The van der Waals surface area contributed by atoms with E-state index in [9.17, 15) is 22.0 Å². The van der Waals surface area contributed by atoms with Crippen LogP contribution in [0.2, 0.25) is 0 Å². The Bertz CT molecular complexity index is 1070. The van der Waals surface area contributed by atoms with Gasteiger partial charge in [0.1, 0.15) is 5.84 Å². The molecule has 0 spiro atoms. The normalized spacial score (nSPS) is 13.7. The van der Waals surface area contributed by atoms with Crippen LogP contribution in [0, 0.1) is 0 Å². The lowest BCUT2D eigenvalue weighted by Crippen LogP contribution is -2.29. The number of benzene rings is 2. The van der Waals surface area contributed by atoms with Crippen LogP contribution in [0.1, 0.15) is 23.2 Å². The minimum absolute atomic E-state index is 0.0341. The number of alkyl halides is 2. The Hall–Kier alpha value is -3.21. The smallest absolute Gasteiger partial charge is 0.387 e. The molecule has 0 saturated heterocycles. The van der Waals surface area contributed by atoms with Gasteiger partial charge in [-0.2, -0.15) is 8.78 Å². The fourth-order valence-corrected chi connectivity index (χ4v) is 3.92. The van der Waals surface area contributed by atoms with Crippen LogP contribution < -0.4 is 19.5 Å². The molecule has 0 bridgehead atoms. The van der Waals surface area contributed by atoms with Crippen LogP contribution >= 0.6 is 0 Å². The Kier molecular flexibility index (Phi) is 6.50. The van der Waals surface area contributed by atoms with Crippen molar-refractivity contribution in [2.45, 2.75) is 24.3 Å². The second-order valence-corrected chi connectivity index (χ2v) is 7.95. The zero-order valence-electron chi connectivity index (χ0n) is 15.9. The minimum atomic E-state index is -3.83. The number of sulfonamides is 1. The van der Waals surface area contributed by atoms with E-state index in [1.54, 1.807) is 0 Å². The van der Waals surface area contributed by atoms with E-state index in [0.29, 0.717) is 18.8 Å². The lowest BCUT2D eigenvalue weighted by molar-refractivity contribution is -0.0512. The molecule has 160 valence electrons. The average molecular weight is 439 g/mol. The van der Waals surface area contributed by atoms with Gasteiger partial charge >= 0.3 is 6.61 Å². The monoisotopic (exact) mass is 439 g/mol. The highest BCUT2D eigenvalue weighted by molar-refractivity contribution is 7.90. The number of carbonyl (C=O) groups is 1. The van der Waals surface area contributed by atoms with Crippen molar-refractivity contribution in [3.8, 4) is 11.5 Å². The molecule has 1 heterocycles. The molecule has 2 N–H and O–H groups in total. The molecule has 8 nitrogen and oxygen atoms in total. The summed E-state index contributed by atoms with van der Waals surface area (Å²) in [6.45, 7) is -2.45. The highest BCUT2D eigenvalue weighted by atomic mass is 32.2. The number of rotatable bonds is 7. The summed E-state index contributed by atoms with van der Waals surface area (Å²) in [7, 11) is -2.58. The number of halogens is 2. The minimum Gasteiger partial charge on any atom is -0.493 e. The number of nitrogens with one attached hydrogen (secondary N) is 2. The molecule has 11 heteroatoms. The summed E-state index contributed by atoms with van der Waals surface area (Å²) in [5.41, 5.74) is 0.350. The van der Waals surface area contributed by atoms with Crippen LogP contribution in [0.15, 0.2) is 52.4 Å². The highest BCUT2D eigenvalue weighted by Crippen LogP contribution is 2.30. The van der Waals surface area contributed by atoms with Crippen molar-refractivity contribution < 1.29 is 31.5 Å². The molecule has 0 saturated carbocycles. The summed E-state index contributed by atoms with van der Waals surface area (Å²) in [6.07, 6.45) is 1.35. The number of hydrogen-bond donors (Lipinski definition) is 2. The van der Waals surface area contributed by atoms with E-state index in [1.807, 2.05) is 0 Å². The van der Waals surface area contributed by atoms with Gasteiger partial charge in [0.2, 0.25) is 0 Å². The number of carbonyl (C=O) groups excluding carboxylic acids is 1. The Morgan fingerprint density at radius 2 is 1.97 bits per heavy atom. The first kappa shape index (κ1) is 21.5. The third-order valence-electron chi connectivity index (χ3n) is 4.17. The number of hydrogen-bond acceptors (Lipinski definition) is 6. The molecule has 0 aromatic heterocycles. The molecular weight excluding hydrogens is 420 g/mol. The number of aliphatic imine (C=N–C) groups is 1. The Balaban J connectivity index is 1.76. The molecule has 2 aromatic carbocycles. The van der Waals surface area contributed by atoms with Gasteiger partial charge in [-0.1, -0.05) is 6.07 Å². The quantitative estimate of drug-likeness (QED) is 0.690. The van der Waals surface area contributed by atoms with Crippen LogP contribution in [0.3, 0.4) is 0 Å². The maximum absolute atomic E-state index is 12.5. The maximum atomic E-state index is 12.5. The van der Waals surface area contributed by atoms with E-state index < -0.39 is 22.5 Å². The molecule has 0 aliphatic carbocycles. The van der Waals surface area contributed by atoms with Crippen molar-refractivity contribution >= 4 is 27.5 Å². The number of methoxy groups -OCH3 is 1. The Labute approximate surface area is 172 Å². The van der Waals surface area contributed by atoms with Crippen molar-refractivity contribution in [1.82, 2.24) is 4.72 Å². The molecule has 1 aliphatic heterocycles. The molecular formula is C19H19F2N3O5S. The van der Waals surface area contributed by atoms with Gasteiger partial charge in [0, 0.05) is 24.2 Å².